The number of nitrogens with zero attached hydrogens (tertiary/aromatic N) is 1. The van der Waals surface area contributed by atoms with Crippen LogP contribution < -0.4 is 10.0 Å². The molecule has 1 heterocycles. The molecule has 124 valence electrons. The van der Waals surface area contributed by atoms with Gasteiger partial charge in [0.15, 0.2) is 0 Å². The molecule has 22 heavy (non-hydrogen) atoms. The first-order valence-corrected chi connectivity index (χ1v) is 9.39. The van der Waals surface area contributed by atoms with E-state index < -0.39 is 10.0 Å². The third-order valence-corrected chi connectivity index (χ3v) is 5.79. The second-order valence-corrected chi connectivity index (χ2v) is 7.77. The Kier molecular flexibility index (Phi) is 5.97. The Hall–Kier alpha value is -0.950. The molecule has 0 bridgehead atoms. The maximum absolute atomic E-state index is 12.5. The average Bonchev–Trinajstić information content (AvgIpc) is 2.43. The molecule has 1 aromatic carbocycles. The van der Waals surface area contributed by atoms with E-state index in [1.54, 1.807) is 0 Å². The van der Waals surface area contributed by atoms with Gasteiger partial charge in [-0.15, -0.1) is 0 Å². The van der Waals surface area contributed by atoms with Gasteiger partial charge in [0.1, 0.15) is 0 Å². The lowest BCUT2D eigenvalue weighted by molar-refractivity contribution is 0.239. The van der Waals surface area contributed by atoms with Crippen LogP contribution in [-0.2, 0) is 10.0 Å². The van der Waals surface area contributed by atoms with Crippen molar-refractivity contribution in [3.05, 3.63) is 28.8 Å². The van der Waals surface area contributed by atoms with Crippen LogP contribution >= 0.6 is 0 Å². The van der Waals surface area contributed by atoms with Gasteiger partial charge in [-0.05, 0) is 44.9 Å². The van der Waals surface area contributed by atoms with Crippen LogP contribution in [0.3, 0.4) is 0 Å². The average molecular weight is 325 g/mol. The summed E-state index contributed by atoms with van der Waals surface area (Å²) in [6.07, 6.45) is 0.836. The van der Waals surface area contributed by atoms with Crippen LogP contribution in [0.5, 0.6) is 0 Å². The third kappa shape index (κ3) is 4.52. The molecule has 1 saturated heterocycles. The Balaban J connectivity index is 1.91. The number of hydrogen-bond donors (Lipinski definition) is 2. The second-order valence-electron chi connectivity index (χ2n) is 6.07. The van der Waals surface area contributed by atoms with Crippen LogP contribution in [-0.4, -0.2) is 52.6 Å². The number of benzene rings is 1. The molecule has 0 radical (unpaired) electrons. The third-order valence-electron chi connectivity index (χ3n) is 4.03. The largest absolute Gasteiger partial charge is 0.314 e. The Labute approximate surface area is 134 Å². The Morgan fingerprint density at radius 1 is 1.14 bits per heavy atom. The molecule has 0 aliphatic carbocycles. The van der Waals surface area contributed by atoms with Crippen LogP contribution in [0.25, 0.3) is 0 Å². The van der Waals surface area contributed by atoms with Gasteiger partial charge < -0.3 is 10.2 Å². The van der Waals surface area contributed by atoms with E-state index in [0.29, 0.717) is 11.4 Å². The zero-order valence-electron chi connectivity index (χ0n) is 13.8. The summed E-state index contributed by atoms with van der Waals surface area (Å²) in [5.74, 6) is 0. The van der Waals surface area contributed by atoms with Gasteiger partial charge in [-0.1, -0.05) is 17.7 Å². The number of piperazine rings is 1. The lowest BCUT2D eigenvalue weighted by Gasteiger charge is -2.27. The first-order valence-electron chi connectivity index (χ1n) is 7.91. The highest BCUT2D eigenvalue weighted by Gasteiger charge is 2.19. The minimum absolute atomic E-state index is 0.431. The van der Waals surface area contributed by atoms with Gasteiger partial charge in [0.2, 0.25) is 10.0 Å². The first kappa shape index (κ1) is 17.4. The highest BCUT2D eigenvalue weighted by molar-refractivity contribution is 7.89. The molecule has 1 aliphatic heterocycles. The zero-order valence-corrected chi connectivity index (χ0v) is 14.6. The molecule has 0 amide bonds. The van der Waals surface area contributed by atoms with Gasteiger partial charge in [-0.2, -0.15) is 0 Å². The van der Waals surface area contributed by atoms with Crippen molar-refractivity contribution in [2.75, 3.05) is 39.3 Å². The molecular formula is C16H27N3O2S. The molecule has 1 fully saturated rings. The molecular weight excluding hydrogens is 298 g/mol. The molecule has 5 nitrogen and oxygen atoms in total. The van der Waals surface area contributed by atoms with Crippen molar-refractivity contribution in [2.24, 2.45) is 0 Å². The number of aryl methyl sites for hydroxylation is 3. The van der Waals surface area contributed by atoms with Crippen LogP contribution in [0.4, 0.5) is 0 Å². The van der Waals surface area contributed by atoms with Gasteiger partial charge in [-0.25, -0.2) is 13.1 Å². The lowest BCUT2D eigenvalue weighted by Crippen LogP contribution is -2.44. The summed E-state index contributed by atoms with van der Waals surface area (Å²) in [4.78, 5) is 2.80. The molecule has 2 N–H and O–H groups in total. The predicted octanol–water partition coefficient (Wildman–Crippen LogP) is 1.19. The van der Waals surface area contributed by atoms with E-state index in [4.69, 9.17) is 0 Å². The highest BCUT2D eigenvalue weighted by Crippen LogP contribution is 2.21. The molecule has 0 atom stereocenters. The van der Waals surface area contributed by atoms with E-state index in [1.165, 1.54) is 0 Å². The molecule has 0 aromatic heterocycles. The second kappa shape index (κ2) is 7.55. The van der Waals surface area contributed by atoms with Crippen LogP contribution in [0.1, 0.15) is 23.1 Å². The van der Waals surface area contributed by atoms with Gasteiger partial charge >= 0.3 is 0 Å². The number of sulfonamides is 1. The Morgan fingerprint density at radius 3 is 2.32 bits per heavy atom. The van der Waals surface area contributed by atoms with Gasteiger partial charge in [-0.3, -0.25) is 0 Å². The van der Waals surface area contributed by atoms with E-state index in [-0.39, 0.29) is 0 Å². The standard InChI is InChI=1S/C16H27N3O2S/c1-13-11-14(2)16(15(3)12-13)22(20,21)18-5-4-8-19-9-6-17-7-10-19/h11-12,17-18H,4-10H2,1-3H3. The molecule has 0 spiro atoms. The minimum atomic E-state index is -3.42. The topological polar surface area (TPSA) is 61.4 Å². The summed E-state index contributed by atoms with van der Waals surface area (Å²) in [6.45, 7) is 11.3. The zero-order chi connectivity index (χ0) is 16.2. The van der Waals surface area contributed by atoms with E-state index in [2.05, 4.69) is 14.9 Å². The van der Waals surface area contributed by atoms with E-state index in [9.17, 15) is 8.42 Å². The van der Waals surface area contributed by atoms with E-state index in [1.807, 2.05) is 32.9 Å². The Morgan fingerprint density at radius 2 is 1.73 bits per heavy atom. The monoisotopic (exact) mass is 325 g/mol. The quantitative estimate of drug-likeness (QED) is 0.771. The molecule has 1 aromatic rings. The highest BCUT2D eigenvalue weighted by atomic mass is 32.2. The summed E-state index contributed by atoms with van der Waals surface area (Å²) in [5.41, 5.74) is 2.71. The summed E-state index contributed by atoms with van der Waals surface area (Å²) < 4.78 is 27.7. The van der Waals surface area contributed by atoms with Crippen molar-refractivity contribution >= 4 is 10.0 Å². The Bertz CT molecular complexity index is 585. The van der Waals surface area contributed by atoms with Crippen molar-refractivity contribution in [3.8, 4) is 0 Å². The van der Waals surface area contributed by atoms with Crippen molar-refractivity contribution in [1.82, 2.24) is 14.9 Å². The number of nitrogens with one attached hydrogen (secondary N) is 2. The molecule has 2 rings (SSSR count). The molecule has 1 aliphatic rings. The maximum atomic E-state index is 12.5. The van der Waals surface area contributed by atoms with Crippen LogP contribution in [0, 0.1) is 20.8 Å². The number of rotatable bonds is 6. The summed E-state index contributed by atoms with van der Waals surface area (Å²) >= 11 is 0. The van der Waals surface area contributed by atoms with E-state index in [0.717, 1.165) is 55.8 Å². The summed E-state index contributed by atoms with van der Waals surface area (Å²) in [6, 6.07) is 3.84. The van der Waals surface area contributed by atoms with Crippen molar-refractivity contribution in [1.29, 1.82) is 0 Å². The fraction of sp³-hybridized carbons (Fsp3) is 0.625. The van der Waals surface area contributed by atoms with Crippen LogP contribution in [0.15, 0.2) is 17.0 Å². The fourth-order valence-electron chi connectivity index (χ4n) is 3.11. The summed E-state index contributed by atoms with van der Waals surface area (Å²) in [5, 5.41) is 3.31. The fourth-order valence-corrected chi connectivity index (χ4v) is 4.63. The van der Waals surface area contributed by atoms with Gasteiger partial charge in [0, 0.05) is 32.7 Å². The first-order chi connectivity index (χ1) is 10.4. The smallest absolute Gasteiger partial charge is 0.241 e. The van der Waals surface area contributed by atoms with Gasteiger partial charge in [0.05, 0.1) is 4.90 Å². The number of hydrogen-bond acceptors (Lipinski definition) is 4. The molecule has 0 saturated carbocycles. The maximum Gasteiger partial charge on any atom is 0.241 e. The predicted molar refractivity (Wildman–Crippen MR) is 89.8 cm³/mol. The van der Waals surface area contributed by atoms with E-state index >= 15 is 0 Å². The van der Waals surface area contributed by atoms with Crippen molar-refractivity contribution in [2.45, 2.75) is 32.1 Å². The normalized spacial score (nSPS) is 16.9. The van der Waals surface area contributed by atoms with Crippen LogP contribution in [0.2, 0.25) is 0 Å². The summed E-state index contributed by atoms with van der Waals surface area (Å²) in [7, 11) is -3.42. The van der Waals surface area contributed by atoms with Crippen molar-refractivity contribution in [3.63, 3.8) is 0 Å². The minimum Gasteiger partial charge on any atom is -0.314 e. The molecule has 0 unspecified atom stereocenters. The lowest BCUT2D eigenvalue weighted by atomic mass is 10.1. The molecule has 6 heteroatoms. The van der Waals surface area contributed by atoms with Gasteiger partial charge in [0.25, 0.3) is 0 Å². The van der Waals surface area contributed by atoms with Crippen molar-refractivity contribution < 1.29 is 8.42 Å². The SMILES string of the molecule is Cc1cc(C)c(S(=O)(=O)NCCCN2CCNCC2)c(C)c1.